The van der Waals surface area contributed by atoms with Crippen LogP contribution in [0.5, 0.6) is 5.75 Å². The van der Waals surface area contributed by atoms with Gasteiger partial charge in [-0.25, -0.2) is 0 Å². The topological polar surface area (TPSA) is 21.3 Å². The second-order valence-corrected chi connectivity index (χ2v) is 5.91. The van der Waals surface area contributed by atoms with Crippen LogP contribution in [0.2, 0.25) is 5.02 Å². The number of hydrogen-bond acceptors (Lipinski definition) is 2. The van der Waals surface area contributed by atoms with Crippen LogP contribution in [-0.2, 0) is 6.54 Å². The van der Waals surface area contributed by atoms with E-state index < -0.39 is 6.36 Å². The summed E-state index contributed by atoms with van der Waals surface area (Å²) < 4.78 is 41.2. The van der Waals surface area contributed by atoms with Gasteiger partial charge in [-0.1, -0.05) is 29.8 Å². The Balaban J connectivity index is 1.95. The normalized spacial score (nSPS) is 18.2. The fourth-order valence-electron chi connectivity index (χ4n) is 2.94. The Morgan fingerprint density at radius 1 is 1.09 bits per heavy atom. The maximum Gasteiger partial charge on any atom is 0.573 e. The molecule has 0 bridgehead atoms. The van der Waals surface area contributed by atoms with Gasteiger partial charge in [0.1, 0.15) is 5.75 Å². The summed E-state index contributed by atoms with van der Waals surface area (Å²) in [5.74, 6) is -0.0630. The van der Waals surface area contributed by atoms with Gasteiger partial charge in [0.25, 0.3) is 0 Å². The Labute approximate surface area is 137 Å². The lowest BCUT2D eigenvalue weighted by Gasteiger charge is -2.19. The molecule has 1 aliphatic heterocycles. The van der Waals surface area contributed by atoms with E-state index in [-0.39, 0.29) is 11.7 Å². The van der Waals surface area contributed by atoms with E-state index >= 15 is 0 Å². The SMILES string of the molecule is FC(F)(F)Oc1ccc2c(c1)CNCCC2c1ccc(Cl)cc1. The Hall–Kier alpha value is -1.72. The van der Waals surface area contributed by atoms with Crippen LogP contribution in [0.3, 0.4) is 0 Å². The minimum atomic E-state index is -4.68. The zero-order valence-electron chi connectivity index (χ0n) is 12.2. The van der Waals surface area contributed by atoms with Crippen molar-refractivity contribution in [1.82, 2.24) is 5.32 Å². The number of alkyl halides is 3. The van der Waals surface area contributed by atoms with Crippen LogP contribution >= 0.6 is 11.6 Å². The summed E-state index contributed by atoms with van der Waals surface area (Å²) in [6, 6.07) is 12.1. The molecule has 2 aromatic carbocycles. The van der Waals surface area contributed by atoms with Gasteiger partial charge in [0.05, 0.1) is 0 Å². The summed E-state index contributed by atoms with van der Waals surface area (Å²) in [6.45, 7) is 1.31. The molecule has 2 aromatic rings. The van der Waals surface area contributed by atoms with Crippen LogP contribution in [0.1, 0.15) is 29.0 Å². The molecule has 0 amide bonds. The van der Waals surface area contributed by atoms with E-state index in [0.717, 1.165) is 29.7 Å². The van der Waals surface area contributed by atoms with E-state index in [4.69, 9.17) is 11.6 Å². The highest BCUT2D eigenvalue weighted by Crippen LogP contribution is 2.35. The summed E-state index contributed by atoms with van der Waals surface area (Å²) >= 11 is 5.93. The van der Waals surface area contributed by atoms with Crippen LogP contribution in [0, 0.1) is 0 Å². The summed E-state index contributed by atoms with van der Waals surface area (Å²) in [7, 11) is 0. The van der Waals surface area contributed by atoms with Crippen LogP contribution in [-0.4, -0.2) is 12.9 Å². The van der Waals surface area contributed by atoms with Crippen molar-refractivity contribution in [2.75, 3.05) is 6.54 Å². The number of rotatable bonds is 2. The van der Waals surface area contributed by atoms with Crippen molar-refractivity contribution in [3.8, 4) is 5.75 Å². The molecule has 0 fully saturated rings. The number of halogens is 4. The summed E-state index contributed by atoms with van der Waals surface area (Å²) in [5.41, 5.74) is 2.94. The van der Waals surface area contributed by atoms with Gasteiger partial charge in [-0.05, 0) is 53.9 Å². The van der Waals surface area contributed by atoms with Gasteiger partial charge >= 0.3 is 6.36 Å². The third-order valence-electron chi connectivity index (χ3n) is 3.92. The van der Waals surface area contributed by atoms with Gasteiger partial charge in [0, 0.05) is 17.5 Å². The van der Waals surface area contributed by atoms with E-state index in [0.29, 0.717) is 11.6 Å². The highest BCUT2D eigenvalue weighted by molar-refractivity contribution is 6.30. The first-order chi connectivity index (χ1) is 10.9. The van der Waals surface area contributed by atoms with Crippen molar-refractivity contribution in [3.63, 3.8) is 0 Å². The Kier molecular flexibility index (Phi) is 4.50. The molecule has 1 aliphatic rings. The van der Waals surface area contributed by atoms with Gasteiger partial charge < -0.3 is 10.1 Å². The molecule has 2 nitrogen and oxygen atoms in total. The standard InChI is InChI=1S/C17H15ClF3NO/c18-13-3-1-11(2-4-13)16-7-8-22-10-12-9-14(5-6-15(12)16)23-17(19,20)21/h1-6,9,16,22H,7-8,10H2. The molecule has 0 spiro atoms. The second-order valence-electron chi connectivity index (χ2n) is 5.48. The highest BCUT2D eigenvalue weighted by atomic mass is 35.5. The monoisotopic (exact) mass is 341 g/mol. The van der Waals surface area contributed by atoms with Gasteiger partial charge in [0.15, 0.2) is 0 Å². The first-order valence-corrected chi connectivity index (χ1v) is 7.65. The first-order valence-electron chi connectivity index (χ1n) is 7.27. The van der Waals surface area contributed by atoms with Gasteiger partial charge in [-0.15, -0.1) is 13.2 Å². The van der Waals surface area contributed by atoms with Gasteiger partial charge in [-0.2, -0.15) is 0 Å². The fraction of sp³-hybridized carbons (Fsp3) is 0.294. The number of hydrogen-bond donors (Lipinski definition) is 1. The number of fused-ring (bicyclic) bond motifs is 1. The summed E-state index contributed by atoms with van der Waals surface area (Å²) in [4.78, 5) is 0. The third kappa shape index (κ3) is 3.98. The molecule has 1 unspecified atom stereocenters. The lowest BCUT2D eigenvalue weighted by atomic mass is 9.86. The predicted molar refractivity (Wildman–Crippen MR) is 82.7 cm³/mol. The molecule has 6 heteroatoms. The number of benzene rings is 2. The van der Waals surface area contributed by atoms with Crippen molar-refractivity contribution in [2.45, 2.75) is 25.2 Å². The molecule has 23 heavy (non-hydrogen) atoms. The first kappa shape index (κ1) is 16.1. The van der Waals surface area contributed by atoms with Crippen molar-refractivity contribution in [1.29, 1.82) is 0 Å². The van der Waals surface area contributed by atoms with Crippen LogP contribution in [0.25, 0.3) is 0 Å². The molecule has 1 heterocycles. The van der Waals surface area contributed by atoms with Crippen LogP contribution in [0.15, 0.2) is 42.5 Å². The highest BCUT2D eigenvalue weighted by Gasteiger charge is 2.31. The smallest absolute Gasteiger partial charge is 0.406 e. The van der Waals surface area contributed by atoms with E-state index in [2.05, 4.69) is 10.1 Å². The third-order valence-corrected chi connectivity index (χ3v) is 4.17. The number of nitrogens with one attached hydrogen (secondary N) is 1. The maximum absolute atomic E-state index is 12.4. The quantitative estimate of drug-likeness (QED) is 0.842. The van der Waals surface area contributed by atoms with Gasteiger partial charge in [0.2, 0.25) is 0 Å². The molecule has 1 atom stereocenters. The summed E-state index contributed by atoms with van der Waals surface area (Å²) in [6.07, 6.45) is -3.81. The van der Waals surface area contributed by atoms with E-state index in [1.54, 1.807) is 6.07 Å². The van der Waals surface area contributed by atoms with Gasteiger partial charge in [-0.3, -0.25) is 0 Å². The lowest BCUT2D eigenvalue weighted by molar-refractivity contribution is -0.274. The van der Waals surface area contributed by atoms with Crippen molar-refractivity contribution in [2.24, 2.45) is 0 Å². The largest absolute Gasteiger partial charge is 0.573 e. The van der Waals surface area contributed by atoms with Crippen molar-refractivity contribution >= 4 is 11.6 Å². The Morgan fingerprint density at radius 3 is 2.52 bits per heavy atom. The van der Waals surface area contributed by atoms with E-state index in [9.17, 15) is 13.2 Å². The lowest BCUT2D eigenvalue weighted by Crippen LogP contribution is -2.17. The predicted octanol–water partition coefficient (Wildman–Crippen LogP) is 4.86. The molecule has 0 radical (unpaired) electrons. The molecule has 0 saturated carbocycles. The molecule has 3 rings (SSSR count). The molecule has 122 valence electrons. The zero-order valence-corrected chi connectivity index (χ0v) is 12.9. The Bertz CT molecular complexity index is 685. The van der Waals surface area contributed by atoms with Crippen LogP contribution < -0.4 is 10.1 Å². The Morgan fingerprint density at radius 2 is 1.83 bits per heavy atom. The van der Waals surface area contributed by atoms with Crippen molar-refractivity contribution < 1.29 is 17.9 Å². The zero-order chi connectivity index (χ0) is 16.4. The minimum absolute atomic E-state index is 0.122. The fourth-order valence-corrected chi connectivity index (χ4v) is 3.06. The van der Waals surface area contributed by atoms with E-state index in [1.165, 1.54) is 12.1 Å². The van der Waals surface area contributed by atoms with Crippen molar-refractivity contribution in [3.05, 3.63) is 64.2 Å². The molecule has 0 aliphatic carbocycles. The maximum atomic E-state index is 12.4. The molecular formula is C17H15ClF3NO. The second kappa shape index (κ2) is 6.42. The summed E-state index contributed by atoms with van der Waals surface area (Å²) in [5, 5.41) is 3.90. The molecule has 0 aromatic heterocycles. The number of ether oxygens (including phenoxy) is 1. The average molecular weight is 342 g/mol. The minimum Gasteiger partial charge on any atom is -0.406 e. The molecule has 0 saturated heterocycles. The van der Waals surface area contributed by atoms with E-state index in [1.807, 2.05) is 24.3 Å². The molecular weight excluding hydrogens is 327 g/mol. The molecule has 1 N–H and O–H groups in total. The average Bonchev–Trinajstić information content (AvgIpc) is 2.68. The van der Waals surface area contributed by atoms with Crippen LogP contribution in [0.4, 0.5) is 13.2 Å².